The average Bonchev–Trinajstić information content (AvgIpc) is 2.78. The van der Waals surface area contributed by atoms with Crippen molar-refractivity contribution in [2.24, 2.45) is 0 Å². The fourth-order valence-corrected chi connectivity index (χ4v) is 2.24. The number of benzene rings is 1. The molecule has 88 valence electrons. The summed E-state index contributed by atoms with van der Waals surface area (Å²) in [6.45, 7) is 4.20. The molecule has 0 saturated carbocycles. The summed E-state index contributed by atoms with van der Waals surface area (Å²) in [5.74, 6) is 1.46. The van der Waals surface area contributed by atoms with Crippen molar-refractivity contribution in [1.82, 2.24) is 10.2 Å². The first-order valence-electron chi connectivity index (χ1n) is 5.67. The molecule has 1 aromatic heterocycles. The maximum atomic E-state index is 5.90. The van der Waals surface area contributed by atoms with Crippen molar-refractivity contribution < 1.29 is 4.74 Å². The molecule has 0 bridgehead atoms. The Morgan fingerprint density at radius 2 is 2.18 bits per heavy atom. The molecule has 3 N–H and O–H groups in total. The minimum absolute atomic E-state index is 0.103. The zero-order chi connectivity index (χ0) is 12.0. The van der Waals surface area contributed by atoms with Gasteiger partial charge in [-0.05, 0) is 25.5 Å². The van der Waals surface area contributed by atoms with E-state index >= 15 is 0 Å². The molecular weight excluding hydrogens is 214 g/mol. The van der Waals surface area contributed by atoms with Crippen LogP contribution >= 0.6 is 0 Å². The van der Waals surface area contributed by atoms with E-state index in [1.165, 1.54) is 5.56 Å². The SMILES string of the molecule is CC1(C)Cc2ccc(-c3cc(N)n[nH]3)cc2O1. The van der Waals surface area contributed by atoms with Crippen molar-refractivity contribution >= 4 is 5.82 Å². The Labute approximate surface area is 99.8 Å². The molecule has 1 aliphatic heterocycles. The Balaban J connectivity index is 2.01. The minimum Gasteiger partial charge on any atom is -0.487 e. The van der Waals surface area contributed by atoms with E-state index in [2.05, 4.69) is 36.2 Å². The molecule has 2 aromatic rings. The van der Waals surface area contributed by atoms with Gasteiger partial charge in [-0.1, -0.05) is 12.1 Å². The van der Waals surface area contributed by atoms with Crippen molar-refractivity contribution in [1.29, 1.82) is 0 Å². The lowest BCUT2D eigenvalue weighted by molar-refractivity contribution is 0.138. The third-order valence-corrected chi connectivity index (χ3v) is 2.98. The van der Waals surface area contributed by atoms with Gasteiger partial charge in [0.15, 0.2) is 0 Å². The van der Waals surface area contributed by atoms with Crippen LogP contribution < -0.4 is 10.5 Å². The molecule has 0 amide bonds. The second-order valence-corrected chi connectivity index (χ2v) is 5.07. The quantitative estimate of drug-likeness (QED) is 0.789. The smallest absolute Gasteiger partial charge is 0.145 e. The number of nitrogens with two attached hydrogens (primary N) is 1. The van der Waals surface area contributed by atoms with E-state index < -0.39 is 0 Å². The Bertz CT molecular complexity index is 572. The first-order valence-corrected chi connectivity index (χ1v) is 5.67. The van der Waals surface area contributed by atoms with Crippen molar-refractivity contribution in [2.75, 3.05) is 5.73 Å². The molecule has 1 aromatic carbocycles. The number of hydrogen-bond donors (Lipinski definition) is 2. The molecule has 4 nitrogen and oxygen atoms in total. The zero-order valence-corrected chi connectivity index (χ0v) is 9.95. The Morgan fingerprint density at radius 3 is 2.88 bits per heavy atom. The number of nitrogens with zero attached hydrogens (tertiary/aromatic N) is 1. The van der Waals surface area contributed by atoms with Crippen molar-refractivity contribution in [3.8, 4) is 17.0 Å². The molecule has 0 spiro atoms. The van der Waals surface area contributed by atoms with Crippen molar-refractivity contribution in [2.45, 2.75) is 25.9 Å². The Hall–Kier alpha value is -1.97. The minimum atomic E-state index is -0.103. The maximum absolute atomic E-state index is 5.90. The third kappa shape index (κ3) is 1.75. The van der Waals surface area contributed by atoms with Crippen LogP contribution in [0.3, 0.4) is 0 Å². The van der Waals surface area contributed by atoms with Crippen molar-refractivity contribution in [3.63, 3.8) is 0 Å². The van der Waals surface area contributed by atoms with Crippen LogP contribution in [-0.4, -0.2) is 15.8 Å². The highest BCUT2D eigenvalue weighted by atomic mass is 16.5. The zero-order valence-electron chi connectivity index (χ0n) is 9.95. The number of anilines is 1. The van der Waals surface area contributed by atoms with E-state index in [0.717, 1.165) is 23.4 Å². The van der Waals surface area contributed by atoms with Crippen LogP contribution in [0.25, 0.3) is 11.3 Å². The lowest BCUT2D eigenvalue weighted by atomic mass is 10.0. The lowest BCUT2D eigenvalue weighted by Crippen LogP contribution is -2.24. The van der Waals surface area contributed by atoms with E-state index in [0.29, 0.717) is 5.82 Å². The number of ether oxygens (including phenoxy) is 1. The van der Waals surface area contributed by atoms with E-state index in [9.17, 15) is 0 Å². The molecular formula is C13H15N3O. The Morgan fingerprint density at radius 1 is 1.35 bits per heavy atom. The van der Waals surface area contributed by atoms with E-state index in [4.69, 9.17) is 10.5 Å². The van der Waals surface area contributed by atoms with Gasteiger partial charge in [0.2, 0.25) is 0 Å². The van der Waals surface area contributed by atoms with Gasteiger partial charge in [-0.15, -0.1) is 0 Å². The van der Waals surface area contributed by atoms with E-state index in [1.807, 2.05) is 12.1 Å². The molecule has 0 atom stereocenters. The van der Waals surface area contributed by atoms with Gasteiger partial charge < -0.3 is 10.5 Å². The molecule has 17 heavy (non-hydrogen) atoms. The summed E-state index contributed by atoms with van der Waals surface area (Å²) >= 11 is 0. The predicted molar refractivity (Wildman–Crippen MR) is 66.8 cm³/mol. The maximum Gasteiger partial charge on any atom is 0.145 e. The number of fused-ring (bicyclic) bond motifs is 1. The second-order valence-electron chi connectivity index (χ2n) is 5.07. The summed E-state index contributed by atoms with van der Waals surface area (Å²) in [5.41, 5.74) is 8.71. The van der Waals surface area contributed by atoms with Gasteiger partial charge in [-0.2, -0.15) is 5.10 Å². The summed E-state index contributed by atoms with van der Waals surface area (Å²) < 4.78 is 5.90. The number of nitrogen functional groups attached to an aromatic ring is 1. The standard InChI is InChI=1S/C13H15N3O/c1-13(2)7-9-4-3-8(5-11(9)17-13)10-6-12(14)16-15-10/h3-6H,7H2,1-2H3,(H3,14,15,16). The van der Waals surface area contributed by atoms with Crippen LogP contribution in [0.15, 0.2) is 24.3 Å². The molecule has 3 rings (SSSR count). The van der Waals surface area contributed by atoms with E-state index in [1.54, 1.807) is 0 Å². The number of hydrogen-bond acceptors (Lipinski definition) is 3. The van der Waals surface area contributed by atoms with Crippen LogP contribution in [0.2, 0.25) is 0 Å². The first-order chi connectivity index (χ1) is 8.03. The molecule has 0 aliphatic carbocycles. The largest absolute Gasteiger partial charge is 0.487 e. The normalized spacial score (nSPS) is 16.6. The summed E-state index contributed by atoms with van der Waals surface area (Å²) in [6, 6.07) is 8.03. The summed E-state index contributed by atoms with van der Waals surface area (Å²) in [5, 5.41) is 6.83. The number of H-pyrrole nitrogens is 1. The molecule has 0 radical (unpaired) electrons. The van der Waals surface area contributed by atoms with Gasteiger partial charge in [0.05, 0.1) is 5.69 Å². The molecule has 0 unspecified atom stereocenters. The van der Waals surface area contributed by atoms with Gasteiger partial charge >= 0.3 is 0 Å². The number of nitrogens with one attached hydrogen (secondary N) is 1. The van der Waals surface area contributed by atoms with Crippen LogP contribution in [-0.2, 0) is 6.42 Å². The third-order valence-electron chi connectivity index (χ3n) is 2.98. The van der Waals surface area contributed by atoms with Crippen LogP contribution in [0, 0.1) is 0 Å². The molecule has 4 heteroatoms. The second kappa shape index (κ2) is 3.26. The lowest BCUT2D eigenvalue weighted by Gasteiger charge is -2.16. The van der Waals surface area contributed by atoms with Crippen LogP contribution in [0.1, 0.15) is 19.4 Å². The number of aromatic amines is 1. The fourth-order valence-electron chi connectivity index (χ4n) is 2.24. The van der Waals surface area contributed by atoms with Gasteiger partial charge in [0, 0.05) is 18.1 Å². The van der Waals surface area contributed by atoms with Gasteiger partial charge in [-0.25, -0.2) is 0 Å². The Kier molecular flexibility index (Phi) is 1.96. The first kappa shape index (κ1) is 10.2. The van der Waals surface area contributed by atoms with Gasteiger partial charge in [0.25, 0.3) is 0 Å². The molecule has 0 saturated heterocycles. The van der Waals surface area contributed by atoms with Crippen LogP contribution in [0.5, 0.6) is 5.75 Å². The number of aromatic nitrogens is 2. The molecule has 1 aliphatic rings. The highest BCUT2D eigenvalue weighted by molar-refractivity contribution is 5.65. The summed E-state index contributed by atoms with van der Waals surface area (Å²) in [6.07, 6.45) is 0.952. The highest BCUT2D eigenvalue weighted by Crippen LogP contribution is 2.37. The van der Waals surface area contributed by atoms with Crippen molar-refractivity contribution in [3.05, 3.63) is 29.8 Å². The number of rotatable bonds is 1. The topological polar surface area (TPSA) is 63.9 Å². The summed E-state index contributed by atoms with van der Waals surface area (Å²) in [7, 11) is 0. The van der Waals surface area contributed by atoms with Gasteiger partial charge in [0.1, 0.15) is 17.2 Å². The monoisotopic (exact) mass is 229 g/mol. The molecule has 0 fully saturated rings. The van der Waals surface area contributed by atoms with Crippen LogP contribution in [0.4, 0.5) is 5.82 Å². The van der Waals surface area contributed by atoms with E-state index in [-0.39, 0.29) is 5.60 Å². The average molecular weight is 229 g/mol. The summed E-state index contributed by atoms with van der Waals surface area (Å²) in [4.78, 5) is 0. The molecule has 2 heterocycles. The highest BCUT2D eigenvalue weighted by Gasteiger charge is 2.29. The van der Waals surface area contributed by atoms with Gasteiger partial charge in [-0.3, -0.25) is 5.10 Å². The fraction of sp³-hybridized carbons (Fsp3) is 0.308. The predicted octanol–water partition coefficient (Wildman–Crippen LogP) is 2.37.